The number of para-hydroxylation sites is 2. The molecule has 0 unspecified atom stereocenters. The molecule has 0 aliphatic heterocycles. The van der Waals surface area contributed by atoms with Crippen molar-refractivity contribution in [1.82, 2.24) is 29.6 Å². The summed E-state index contributed by atoms with van der Waals surface area (Å²) in [5.74, 6) is 1.17. The first-order valence-electron chi connectivity index (χ1n) is 8.78. The number of nitrogens with zero attached hydrogens (tertiary/aromatic N) is 6. The molecule has 0 aliphatic rings. The van der Waals surface area contributed by atoms with Crippen LogP contribution in [0.4, 0.5) is 0 Å². The number of thioether (sulfide) groups is 1. The molecule has 4 aromatic rings. The van der Waals surface area contributed by atoms with E-state index in [4.69, 9.17) is 4.74 Å². The third kappa shape index (κ3) is 3.61. The monoisotopic (exact) mass is 394 g/mol. The Bertz CT molecular complexity index is 1190. The van der Waals surface area contributed by atoms with Crippen LogP contribution in [0.5, 0.6) is 5.75 Å². The summed E-state index contributed by atoms with van der Waals surface area (Å²) in [7, 11) is 0. The predicted octanol–water partition coefficient (Wildman–Crippen LogP) is 2.67. The van der Waals surface area contributed by atoms with Crippen LogP contribution in [0.3, 0.4) is 0 Å². The van der Waals surface area contributed by atoms with E-state index < -0.39 is 0 Å². The smallest absolute Gasteiger partial charge is 0.258 e. The van der Waals surface area contributed by atoms with Crippen LogP contribution in [0.15, 0.2) is 58.6 Å². The highest BCUT2D eigenvalue weighted by atomic mass is 32.2. The van der Waals surface area contributed by atoms with Crippen molar-refractivity contribution in [3.8, 4) is 11.4 Å². The lowest BCUT2D eigenvalue weighted by Gasteiger charge is -2.10. The van der Waals surface area contributed by atoms with E-state index in [0.717, 1.165) is 11.3 Å². The largest absolute Gasteiger partial charge is 0.492 e. The van der Waals surface area contributed by atoms with Crippen molar-refractivity contribution in [2.75, 3.05) is 6.61 Å². The normalized spacial score (nSPS) is 11.1. The van der Waals surface area contributed by atoms with E-state index in [9.17, 15) is 4.79 Å². The number of tetrazole rings is 1. The van der Waals surface area contributed by atoms with Crippen LogP contribution in [0.1, 0.15) is 18.2 Å². The van der Waals surface area contributed by atoms with Gasteiger partial charge < -0.3 is 4.74 Å². The van der Waals surface area contributed by atoms with Crippen molar-refractivity contribution in [2.24, 2.45) is 0 Å². The third-order valence-electron chi connectivity index (χ3n) is 4.04. The number of ether oxygens (including phenoxy) is 1. The fraction of sp³-hybridized carbons (Fsp3) is 0.211. The maximum atomic E-state index is 12.4. The Morgan fingerprint density at radius 1 is 1.18 bits per heavy atom. The highest BCUT2D eigenvalue weighted by Crippen LogP contribution is 2.27. The molecule has 0 atom stereocenters. The summed E-state index contributed by atoms with van der Waals surface area (Å²) in [6.45, 7) is 4.42. The Balaban J connectivity index is 1.61. The van der Waals surface area contributed by atoms with Gasteiger partial charge in [-0.3, -0.25) is 9.20 Å². The van der Waals surface area contributed by atoms with Crippen LogP contribution < -0.4 is 10.3 Å². The minimum absolute atomic E-state index is 0.106. The van der Waals surface area contributed by atoms with Crippen molar-refractivity contribution < 1.29 is 4.74 Å². The van der Waals surface area contributed by atoms with Crippen LogP contribution in [0.25, 0.3) is 11.3 Å². The van der Waals surface area contributed by atoms with E-state index in [0.29, 0.717) is 34.6 Å². The van der Waals surface area contributed by atoms with Gasteiger partial charge in [-0.2, -0.15) is 4.68 Å². The van der Waals surface area contributed by atoms with Crippen molar-refractivity contribution in [1.29, 1.82) is 0 Å². The molecule has 0 radical (unpaired) electrons. The third-order valence-corrected chi connectivity index (χ3v) is 5.00. The second-order valence-corrected chi connectivity index (χ2v) is 7.03. The Hall–Kier alpha value is -3.20. The first-order valence-corrected chi connectivity index (χ1v) is 9.76. The first kappa shape index (κ1) is 18.2. The lowest BCUT2D eigenvalue weighted by atomic mass is 10.3. The summed E-state index contributed by atoms with van der Waals surface area (Å²) in [6, 6.07) is 12.9. The van der Waals surface area contributed by atoms with E-state index >= 15 is 0 Å². The zero-order chi connectivity index (χ0) is 19.5. The van der Waals surface area contributed by atoms with Gasteiger partial charge in [-0.25, -0.2) is 4.98 Å². The van der Waals surface area contributed by atoms with Gasteiger partial charge in [0.15, 0.2) is 0 Å². The highest BCUT2D eigenvalue weighted by molar-refractivity contribution is 7.98. The number of aromatic nitrogens is 6. The van der Waals surface area contributed by atoms with Crippen LogP contribution in [0, 0.1) is 6.92 Å². The number of fused-ring (bicyclic) bond motifs is 1. The fourth-order valence-corrected chi connectivity index (χ4v) is 3.58. The number of hydrogen-bond donors (Lipinski definition) is 0. The van der Waals surface area contributed by atoms with Gasteiger partial charge in [0.25, 0.3) is 5.56 Å². The van der Waals surface area contributed by atoms with Gasteiger partial charge in [-0.05, 0) is 48.0 Å². The maximum absolute atomic E-state index is 12.4. The van der Waals surface area contributed by atoms with Crippen molar-refractivity contribution >= 4 is 17.4 Å². The maximum Gasteiger partial charge on any atom is 0.258 e. The Labute approximate surface area is 165 Å². The average Bonchev–Trinajstić information content (AvgIpc) is 3.16. The Morgan fingerprint density at radius 3 is 2.89 bits per heavy atom. The van der Waals surface area contributed by atoms with Crippen molar-refractivity contribution in [3.63, 3.8) is 0 Å². The van der Waals surface area contributed by atoms with E-state index in [1.807, 2.05) is 50.2 Å². The standard InChI is InChI=1S/C19H18N6O2S/c1-3-27-16-7-5-4-6-15(16)25-19(21-22-23-25)28-12-14-10-18(26)24-11-13(2)8-9-17(24)20-14/h4-11H,3,12H2,1-2H3. The molecule has 0 aliphatic carbocycles. The van der Waals surface area contributed by atoms with Gasteiger partial charge in [0.05, 0.1) is 12.3 Å². The molecule has 0 bridgehead atoms. The number of hydrogen-bond acceptors (Lipinski definition) is 7. The average molecular weight is 394 g/mol. The predicted molar refractivity (Wildman–Crippen MR) is 106 cm³/mol. The second-order valence-electron chi connectivity index (χ2n) is 6.08. The van der Waals surface area contributed by atoms with Crippen LogP contribution >= 0.6 is 11.8 Å². The van der Waals surface area contributed by atoms with E-state index in [2.05, 4.69) is 20.5 Å². The minimum Gasteiger partial charge on any atom is -0.492 e. The molecule has 0 spiro atoms. The Morgan fingerprint density at radius 2 is 2.04 bits per heavy atom. The molecule has 0 amide bonds. The Kier molecular flexibility index (Phi) is 5.07. The van der Waals surface area contributed by atoms with Gasteiger partial charge in [-0.1, -0.05) is 30.0 Å². The number of benzene rings is 1. The molecular weight excluding hydrogens is 376 g/mol. The van der Waals surface area contributed by atoms with Gasteiger partial charge in [0.2, 0.25) is 5.16 Å². The number of aryl methyl sites for hydroxylation is 1. The lowest BCUT2D eigenvalue weighted by molar-refractivity contribution is 0.337. The molecule has 3 heterocycles. The SMILES string of the molecule is CCOc1ccccc1-n1nnnc1SCc1cc(=O)n2cc(C)ccc2n1. The fourth-order valence-electron chi connectivity index (χ4n) is 2.80. The summed E-state index contributed by atoms with van der Waals surface area (Å²) in [4.78, 5) is 16.9. The molecule has 9 heteroatoms. The molecular formula is C19H18N6O2S. The number of rotatable bonds is 6. The quantitative estimate of drug-likeness (QED) is 0.465. The molecule has 28 heavy (non-hydrogen) atoms. The molecule has 1 aromatic carbocycles. The summed E-state index contributed by atoms with van der Waals surface area (Å²) >= 11 is 1.41. The molecule has 0 N–H and O–H groups in total. The first-order chi connectivity index (χ1) is 13.7. The highest BCUT2D eigenvalue weighted by Gasteiger charge is 2.14. The van der Waals surface area contributed by atoms with Crippen molar-refractivity contribution in [3.05, 3.63) is 70.3 Å². The summed E-state index contributed by atoms with van der Waals surface area (Å²) in [5, 5.41) is 12.6. The molecule has 0 saturated carbocycles. The zero-order valence-electron chi connectivity index (χ0n) is 15.4. The van der Waals surface area contributed by atoms with Gasteiger partial charge in [-0.15, -0.1) is 5.10 Å². The van der Waals surface area contributed by atoms with Crippen LogP contribution in [-0.2, 0) is 5.75 Å². The second kappa shape index (κ2) is 7.81. The van der Waals surface area contributed by atoms with Gasteiger partial charge in [0, 0.05) is 18.0 Å². The summed E-state index contributed by atoms with van der Waals surface area (Å²) in [5.41, 5.74) is 2.96. The van der Waals surface area contributed by atoms with Gasteiger partial charge in [0.1, 0.15) is 17.1 Å². The van der Waals surface area contributed by atoms with Crippen LogP contribution in [-0.4, -0.2) is 36.2 Å². The summed E-state index contributed by atoms with van der Waals surface area (Å²) in [6.07, 6.45) is 1.78. The zero-order valence-corrected chi connectivity index (χ0v) is 16.3. The minimum atomic E-state index is -0.106. The van der Waals surface area contributed by atoms with E-state index in [-0.39, 0.29) is 5.56 Å². The molecule has 8 nitrogen and oxygen atoms in total. The lowest BCUT2D eigenvalue weighted by Crippen LogP contribution is -2.15. The molecule has 0 saturated heterocycles. The number of pyridine rings is 1. The molecule has 0 fully saturated rings. The van der Waals surface area contributed by atoms with Gasteiger partial charge >= 0.3 is 0 Å². The molecule has 4 rings (SSSR count). The van der Waals surface area contributed by atoms with Crippen LogP contribution in [0.2, 0.25) is 0 Å². The van der Waals surface area contributed by atoms with E-state index in [1.54, 1.807) is 21.3 Å². The van der Waals surface area contributed by atoms with E-state index in [1.165, 1.54) is 11.8 Å². The molecule has 142 valence electrons. The topological polar surface area (TPSA) is 87.2 Å². The van der Waals surface area contributed by atoms with Crippen molar-refractivity contribution in [2.45, 2.75) is 24.8 Å². The molecule has 3 aromatic heterocycles. The summed E-state index contributed by atoms with van der Waals surface area (Å²) < 4.78 is 8.85.